The van der Waals surface area contributed by atoms with Crippen molar-refractivity contribution in [3.63, 3.8) is 0 Å². The van der Waals surface area contributed by atoms with Gasteiger partial charge in [-0.15, -0.1) is 0 Å². The van der Waals surface area contributed by atoms with Gasteiger partial charge in [0.05, 0.1) is 26.7 Å². The van der Waals surface area contributed by atoms with E-state index in [4.69, 9.17) is 37.7 Å². The molecule has 0 fully saturated rings. The predicted molar refractivity (Wildman–Crippen MR) is 149 cm³/mol. The van der Waals surface area contributed by atoms with Gasteiger partial charge in [0.1, 0.15) is 12.4 Å². The van der Waals surface area contributed by atoms with Crippen molar-refractivity contribution < 1.29 is 39.1 Å². The summed E-state index contributed by atoms with van der Waals surface area (Å²) in [5, 5.41) is 19.1. The molecular formula is C30H22Cl2O8. The summed E-state index contributed by atoms with van der Waals surface area (Å²) >= 11 is 12.8. The number of halogens is 2. The lowest BCUT2D eigenvalue weighted by Gasteiger charge is -2.12. The summed E-state index contributed by atoms with van der Waals surface area (Å²) in [5.41, 5.74) is 3.23. The zero-order valence-corrected chi connectivity index (χ0v) is 22.7. The third kappa shape index (κ3) is 6.60. The summed E-state index contributed by atoms with van der Waals surface area (Å²) in [6, 6.07) is 18.9. The molecule has 4 rings (SSSR count). The summed E-state index contributed by atoms with van der Waals surface area (Å²) in [7, 11) is 0. The molecule has 0 aliphatic carbocycles. The fraction of sp³-hybridized carbons (Fsp3) is 0.100. The van der Waals surface area contributed by atoms with Gasteiger partial charge in [-0.2, -0.15) is 4.89 Å². The topological polar surface area (TPSA) is 119 Å². The van der Waals surface area contributed by atoms with Crippen LogP contribution in [0, 0.1) is 13.8 Å². The average molecular weight is 581 g/mol. The summed E-state index contributed by atoms with van der Waals surface area (Å²) in [5.74, 6) is -2.88. The molecule has 0 saturated heterocycles. The summed E-state index contributed by atoms with van der Waals surface area (Å²) in [6.07, 6.45) is 0. The van der Waals surface area contributed by atoms with E-state index in [-0.39, 0.29) is 44.8 Å². The first kappa shape index (κ1) is 28.6. The van der Waals surface area contributed by atoms with Crippen LogP contribution in [-0.4, -0.2) is 28.1 Å². The number of ether oxygens (including phenoxy) is 1. The fourth-order valence-corrected chi connectivity index (χ4v) is 4.32. The van der Waals surface area contributed by atoms with Gasteiger partial charge in [-0.1, -0.05) is 64.7 Å². The molecular weight excluding hydrogens is 559 g/mol. The number of hydrogen-bond acceptors (Lipinski definition) is 6. The maximum Gasteiger partial charge on any atom is 0.344 e. The standard InChI is InChI=1S/C30H22Cl2O8/c1-16-3-7-21(28(33)34)20(11-16)15-38-40-27-10-6-19(14-25(27)32)18-5-9-26(24(31)13-18)39-30(37)23-12-17(2)4-8-22(23)29(35)36/h3-14H,15H2,1-2H3,(H,33,34)(H,35,36). The van der Waals surface area contributed by atoms with Crippen LogP contribution in [0.3, 0.4) is 0 Å². The molecule has 0 aliphatic heterocycles. The first-order chi connectivity index (χ1) is 19.0. The van der Waals surface area contributed by atoms with Gasteiger partial charge >= 0.3 is 17.9 Å². The van der Waals surface area contributed by atoms with Crippen LogP contribution in [0.5, 0.6) is 11.5 Å². The minimum atomic E-state index is -1.25. The summed E-state index contributed by atoms with van der Waals surface area (Å²) in [6.45, 7) is 3.47. The molecule has 0 atom stereocenters. The normalized spacial score (nSPS) is 10.7. The molecule has 2 N–H and O–H groups in total. The zero-order valence-electron chi connectivity index (χ0n) is 21.2. The van der Waals surface area contributed by atoms with Gasteiger partial charge in [-0.3, -0.25) is 0 Å². The van der Waals surface area contributed by atoms with Gasteiger partial charge in [0.15, 0.2) is 5.75 Å². The molecule has 10 heteroatoms. The highest BCUT2D eigenvalue weighted by Crippen LogP contribution is 2.35. The van der Waals surface area contributed by atoms with Crippen molar-refractivity contribution in [2.75, 3.05) is 0 Å². The van der Waals surface area contributed by atoms with E-state index in [1.165, 1.54) is 24.3 Å². The maximum atomic E-state index is 12.7. The monoisotopic (exact) mass is 580 g/mol. The molecule has 0 bridgehead atoms. The number of carbonyl (C=O) groups excluding carboxylic acids is 1. The van der Waals surface area contributed by atoms with Crippen molar-refractivity contribution in [3.05, 3.63) is 116 Å². The second kappa shape index (κ2) is 12.2. The number of carbonyl (C=O) groups is 3. The van der Waals surface area contributed by atoms with Crippen LogP contribution >= 0.6 is 23.2 Å². The Morgan fingerprint density at radius 1 is 0.675 bits per heavy atom. The first-order valence-electron chi connectivity index (χ1n) is 11.8. The second-order valence-electron chi connectivity index (χ2n) is 8.85. The van der Waals surface area contributed by atoms with Gasteiger partial charge in [0.2, 0.25) is 0 Å². The molecule has 0 spiro atoms. The number of esters is 1. The van der Waals surface area contributed by atoms with E-state index in [1.807, 2.05) is 6.92 Å². The van der Waals surface area contributed by atoms with Gasteiger partial charge < -0.3 is 19.8 Å². The maximum absolute atomic E-state index is 12.7. The lowest BCUT2D eigenvalue weighted by Crippen LogP contribution is -2.14. The number of aromatic carboxylic acids is 2. The van der Waals surface area contributed by atoms with Crippen LogP contribution in [0.15, 0.2) is 72.8 Å². The second-order valence-corrected chi connectivity index (χ2v) is 9.66. The Balaban J connectivity index is 1.46. The van der Waals surface area contributed by atoms with Crippen molar-refractivity contribution in [1.29, 1.82) is 0 Å². The van der Waals surface area contributed by atoms with E-state index < -0.39 is 17.9 Å². The largest absolute Gasteiger partial charge is 0.478 e. The van der Waals surface area contributed by atoms with Crippen LogP contribution in [0.2, 0.25) is 10.0 Å². The van der Waals surface area contributed by atoms with Gasteiger partial charge in [-0.25, -0.2) is 14.4 Å². The number of aryl methyl sites for hydroxylation is 2. The van der Waals surface area contributed by atoms with Crippen molar-refractivity contribution in [2.45, 2.75) is 20.5 Å². The number of carboxylic acid groups (broad SMARTS) is 2. The quantitative estimate of drug-likeness (QED) is 0.0908. The van der Waals surface area contributed by atoms with E-state index in [1.54, 1.807) is 55.5 Å². The molecule has 0 unspecified atom stereocenters. The smallest absolute Gasteiger partial charge is 0.344 e. The van der Waals surface area contributed by atoms with E-state index in [0.29, 0.717) is 22.3 Å². The summed E-state index contributed by atoms with van der Waals surface area (Å²) in [4.78, 5) is 46.2. The van der Waals surface area contributed by atoms with Crippen LogP contribution in [-0.2, 0) is 11.5 Å². The molecule has 0 saturated carbocycles. The molecule has 0 aliphatic rings. The lowest BCUT2D eigenvalue weighted by molar-refractivity contribution is -0.217. The molecule has 204 valence electrons. The highest BCUT2D eigenvalue weighted by Gasteiger charge is 2.20. The fourth-order valence-electron chi connectivity index (χ4n) is 3.89. The average Bonchev–Trinajstić information content (AvgIpc) is 2.90. The zero-order chi connectivity index (χ0) is 29.0. The number of hydrogen-bond donors (Lipinski definition) is 2. The molecule has 40 heavy (non-hydrogen) atoms. The Kier molecular flexibility index (Phi) is 8.74. The van der Waals surface area contributed by atoms with E-state index >= 15 is 0 Å². The SMILES string of the molecule is Cc1ccc(C(=O)O)c(COOc2ccc(-c3ccc(OC(=O)c4cc(C)ccc4C(=O)O)c(Cl)c3)cc2Cl)c1. The molecule has 0 aromatic heterocycles. The lowest BCUT2D eigenvalue weighted by atomic mass is 10.0. The highest BCUT2D eigenvalue weighted by atomic mass is 35.5. The Morgan fingerprint density at radius 3 is 1.80 bits per heavy atom. The van der Waals surface area contributed by atoms with Crippen molar-refractivity contribution in [2.24, 2.45) is 0 Å². The third-order valence-electron chi connectivity index (χ3n) is 5.88. The Bertz CT molecular complexity index is 1630. The predicted octanol–water partition coefficient (Wildman–Crippen LogP) is 7.40. The van der Waals surface area contributed by atoms with Gasteiger partial charge in [-0.05, 0) is 73.0 Å². The molecule has 8 nitrogen and oxygen atoms in total. The molecule has 4 aromatic carbocycles. The number of carboxylic acids is 2. The van der Waals surface area contributed by atoms with Crippen molar-refractivity contribution >= 4 is 41.1 Å². The highest BCUT2D eigenvalue weighted by molar-refractivity contribution is 6.33. The molecule has 0 heterocycles. The number of benzene rings is 4. The van der Waals surface area contributed by atoms with Crippen LogP contribution in [0.1, 0.15) is 47.8 Å². The summed E-state index contributed by atoms with van der Waals surface area (Å²) < 4.78 is 5.39. The van der Waals surface area contributed by atoms with E-state index in [0.717, 1.165) is 5.56 Å². The van der Waals surface area contributed by atoms with Gasteiger partial charge in [0.25, 0.3) is 0 Å². The molecule has 0 radical (unpaired) electrons. The third-order valence-corrected chi connectivity index (χ3v) is 6.47. The van der Waals surface area contributed by atoms with E-state index in [9.17, 15) is 24.6 Å². The minimum absolute atomic E-state index is 0.0598. The molecule has 4 aromatic rings. The van der Waals surface area contributed by atoms with Crippen LogP contribution in [0.4, 0.5) is 0 Å². The Labute approximate surface area is 239 Å². The van der Waals surface area contributed by atoms with E-state index in [2.05, 4.69) is 0 Å². The number of rotatable bonds is 9. The Morgan fingerprint density at radius 2 is 1.23 bits per heavy atom. The van der Waals surface area contributed by atoms with Crippen molar-refractivity contribution in [1.82, 2.24) is 0 Å². The van der Waals surface area contributed by atoms with Crippen molar-refractivity contribution in [3.8, 4) is 22.6 Å². The first-order valence-corrected chi connectivity index (χ1v) is 12.6. The Hall–Kier alpha value is -4.37. The van der Waals surface area contributed by atoms with Gasteiger partial charge in [0, 0.05) is 0 Å². The van der Waals surface area contributed by atoms with Crippen LogP contribution in [0.25, 0.3) is 11.1 Å². The molecule has 0 amide bonds. The van der Waals surface area contributed by atoms with Crippen LogP contribution < -0.4 is 9.62 Å². The minimum Gasteiger partial charge on any atom is -0.478 e.